The summed E-state index contributed by atoms with van der Waals surface area (Å²) in [5.74, 6) is 2.18. The number of anilines is 2. The van der Waals surface area contributed by atoms with E-state index in [2.05, 4.69) is 35.7 Å². The molecule has 3 aromatic carbocycles. The summed E-state index contributed by atoms with van der Waals surface area (Å²) in [4.78, 5) is 14.2. The fourth-order valence-electron chi connectivity index (χ4n) is 5.25. The Hall–Kier alpha value is -5.03. The van der Waals surface area contributed by atoms with Crippen molar-refractivity contribution in [1.82, 2.24) is 14.7 Å². The van der Waals surface area contributed by atoms with E-state index in [1.807, 2.05) is 80.1 Å². The summed E-state index contributed by atoms with van der Waals surface area (Å²) >= 11 is 0. The van der Waals surface area contributed by atoms with Gasteiger partial charge in [-0.1, -0.05) is 36.4 Å². The molecule has 0 radical (unpaired) electrons. The number of fused-ring (bicyclic) bond motifs is 2. The topological polar surface area (TPSA) is 92.4 Å². The molecule has 0 saturated carbocycles. The summed E-state index contributed by atoms with van der Waals surface area (Å²) in [5, 5.41) is 18.6. The van der Waals surface area contributed by atoms with Crippen molar-refractivity contribution in [3.05, 3.63) is 95.6 Å². The van der Waals surface area contributed by atoms with Crippen LogP contribution in [-0.4, -0.2) is 39.5 Å². The van der Waals surface area contributed by atoms with Crippen LogP contribution >= 0.6 is 0 Å². The lowest BCUT2D eigenvalue weighted by atomic mass is 9.96. The summed E-state index contributed by atoms with van der Waals surface area (Å²) in [6.45, 7) is 7.41. The van der Waals surface area contributed by atoms with Gasteiger partial charge in [-0.3, -0.25) is 0 Å². The van der Waals surface area contributed by atoms with Crippen LogP contribution in [0.2, 0.25) is 0 Å². The molecular weight excluding hydrogens is 526 g/mol. The van der Waals surface area contributed by atoms with Gasteiger partial charge in [0.1, 0.15) is 40.2 Å². The number of amides is 1. The average Bonchev–Trinajstić information content (AvgIpc) is 3.23. The summed E-state index contributed by atoms with van der Waals surface area (Å²) < 4.78 is 13.3. The van der Waals surface area contributed by atoms with Crippen LogP contribution < -0.4 is 10.1 Å². The van der Waals surface area contributed by atoms with Gasteiger partial charge in [-0.15, -0.1) is 0 Å². The maximum absolute atomic E-state index is 12.5. The van der Waals surface area contributed by atoms with E-state index in [9.17, 15) is 10.1 Å². The Kier molecular flexibility index (Phi) is 7.17. The van der Waals surface area contributed by atoms with Gasteiger partial charge in [-0.05, 0) is 92.8 Å². The first-order valence-corrected chi connectivity index (χ1v) is 14.2. The fourth-order valence-corrected chi connectivity index (χ4v) is 5.25. The van der Waals surface area contributed by atoms with E-state index in [1.165, 1.54) is 11.1 Å². The standard InChI is InChI=1S/C34H33N5O3/c1-34(2,3)42-33(40)38-18-15-23(16-19-38)26-10-9-24-17-20-39-32(36-30(24)21-26)29(22-35)31(37-39)25-11-13-28(14-12-25)41-27-7-5-4-6-8-27/h4-15,21,36H,16-20H2,1-3H3. The molecule has 42 heavy (non-hydrogen) atoms. The number of benzene rings is 3. The number of nitrogens with one attached hydrogen (secondary N) is 1. The lowest BCUT2D eigenvalue weighted by Gasteiger charge is -2.29. The molecule has 212 valence electrons. The number of carbonyl (C=O) groups is 1. The molecule has 2 aliphatic heterocycles. The first-order chi connectivity index (χ1) is 20.3. The third kappa shape index (κ3) is 5.72. The monoisotopic (exact) mass is 559 g/mol. The number of aromatic nitrogens is 2. The molecule has 1 N–H and O–H groups in total. The van der Waals surface area contributed by atoms with Crippen LogP contribution in [0.3, 0.4) is 0 Å². The average molecular weight is 560 g/mol. The van der Waals surface area contributed by atoms with Crippen molar-refractivity contribution in [3.8, 4) is 28.8 Å². The van der Waals surface area contributed by atoms with Gasteiger partial charge >= 0.3 is 6.09 Å². The van der Waals surface area contributed by atoms with Gasteiger partial charge in [0.25, 0.3) is 0 Å². The molecule has 0 unspecified atom stereocenters. The highest BCUT2D eigenvalue weighted by molar-refractivity contribution is 5.80. The van der Waals surface area contributed by atoms with E-state index in [1.54, 1.807) is 4.90 Å². The lowest BCUT2D eigenvalue weighted by molar-refractivity contribution is 0.0270. The molecule has 6 rings (SSSR count). The fraction of sp³-hybridized carbons (Fsp3) is 0.265. The number of carbonyl (C=O) groups excluding carboxylic acids is 1. The Bertz CT molecular complexity index is 1690. The van der Waals surface area contributed by atoms with E-state index in [0.29, 0.717) is 36.7 Å². The second kappa shape index (κ2) is 11.1. The summed E-state index contributed by atoms with van der Waals surface area (Å²) in [5.41, 5.74) is 5.92. The van der Waals surface area contributed by atoms with Crippen molar-refractivity contribution in [3.63, 3.8) is 0 Å². The third-order valence-corrected chi connectivity index (χ3v) is 7.36. The molecule has 0 aliphatic carbocycles. The van der Waals surface area contributed by atoms with Crippen LogP contribution in [0.25, 0.3) is 16.8 Å². The summed E-state index contributed by atoms with van der Waals surface area (Å²) in [6.07, 6.45) is 3.35. The maximum atomic E-state index is 12.5. The molecule has 0 saturated heterocycles. The van der Waals surface area contributed by atoms with Gasteiger partial charge in [0.2, 0.25) is 0 Å². The van der Waals surface area contributed by atoms with Crippen LogP contribution in [-0.2, 0) is 17.7 Å². The van der Waals surface area contributed by atoms with Crippen molar-refractivity contribution < 1.29 is 14.3 Å². The predicted molar refractivity (Wildman–Crippen MR) is 163 cm³/mol. The van der Waals surface area contributed by atoms with Crippen LogP contribution in [0.4, 0.5) is 16.3 Å². The first-order valence-electron chi connectivity index (χ1n) is 14.2. The number of hydrogen-bond acceptors (Lipinski definition) is 6. The highest BCUT2D eigenvalue weighted by Gasteiger charge is 2.26. The van der Waals surface area contributed by atoms with Gasteiger partial charge in [-0.2, -0.15) is 10.4 Å². The number of nitriles is 1. The van der Waals surface area contributed by atoms with E-state index >= 15 is 0 Å². The Balaban J connectivity index is 1.22. The van der Waals surface area contributed by atoms with Crippen molar-refractivity contribution in [1.29, 1.82) is 5.26 Å². The molecule has 8 nitrogen and oxygen atoms in total. The highest BCUT2D eigenvalue weighted by Crippen LogP contribution is 2.36. The zero-order chi connectivity index (χ0) is 29.3. The SMILES string of the molecule is CC(C)(C)OC(=O)N1CC=C(c2ccc3c(c2)Nc2c(C#N)c(-c4ccc(Oc5ccccc5)cc4)nn2CC3)CC1. The Morgan fingerprint density at radius 3 is 2.38 bits per heavy atom. The van der Waals surface area contributed by atoms with Gasteiger partial charge in [0.05, 0.1) is 0 Å². The van der Waals surface area contributed by atoms with Crippen LogP contribution in [0.5, 0.6) is 11.5 Å². The third-order valence-electron chi connectivity index (χ3n) is 7.36. The molecule has 0 spiro atoms. The van der Waals surface area contributed by atoms with E-state index in [-0.39, 0.29) is 6.09 Å². The highest BCUT2D eigenvalue weighted by atomic mass is 16.6. The molecule has 0 fully saturated rings. The molecule has 4 aromatic rings. The molecular formula is C34H33N5O3. The second-order valence-corrected chi connectivity index (χ2v) is 11.5. The predicted octanol–water partition coefficient (Wildman–Crippen LogP) is 7.54. The normalized spacial score (nSPS) is 14.4. The number of hydrogen-bond donors (Lipinski definition) is 1. The largest absolute Gasteiger partial charge is 0.457 e. The van der Waals surface area contributed by atoms with E-state index in [4.69, 9.17) is 14.6 Å². The molecule has 3 heterocycles. The molecule has 2 aliphatic rings. The van der Waals surface area contributed by atoms with Gasteiger partial charge < -0.3 is 19.7 Å². The van der Waals surface area contributed by atoms with Crippen molar-refractivity contribution in [2.24, 2.45) is 0 Å². The maximum Gasteiger partial charge on any atom is 0.410 e. The zero-order valence-corrected chi connectivity index (χ0v) is 24.1. The van der Waals surface area contributed by atoms with Crippen LogP contribution in [0.15, 0.2) is 78.9 Å². The number of aryl methyl sites for hydroxylation is 2. The molecule has 0 bridgehead atoms. The van der Waals surface area contributed by atoms with Gasteiger partial charge in [-0.25, -0.2) is 9.48 Å². The van der Waals surface area contributed by atoms with Gasteiger partial charge in [0, 0.05) is 30.9 Å². The van der Waals surface area contributed by atoms with Gasteiger partial charge in [0.15, 0.2) is 0 Å². The minimum absolute atomic E-state index is 0.284. The number of para-hydroxylation sites is 1. The molecule has 1 amide bonds. The minimum Gasteiger partial charge on any atom is -0.457 e. The van der Waals surface area contributed by atoms with Crippen molar-refractivity contribution >= 4 is 23.2 Å². The summed E-state index contributed by atoms with van der Waals surface area (Å²) in [7, 11) is 0. The van der Waals surface area contributed by atoms with E-state index in [0.717, 1.165) is 41.2 Å². The molecule has 1 aromatic heterocycles. The van der Waals surface area contributed by atoms with E-state index < -0.39 is 5.60 Å². The Morgan fingerprint density at radius 1 is 0.952 bits per heavy atom. The Morgan fingerprint density at radius 2 is 1.69 bits per heavy atom. The lowest BCUT2D eigenvalue weighted by Crippen LogP contribution is -2.39. The summed E-state index contributed by atoms with van der Waals surface area (Å²) in [6, 6.07) is 26.1. The number of rotatable bonds is 4. The van der Waals surface area contributed by atoms with Crippen LogP contribution in [0.1, 0.15) is 43.9 Å². The first kappa shape index (κ1) is 27.2. The van der Waals surface area contributed by atoms with Crippen molar-refractivity contribution in [2.75, 3.05) is 18.4 Å². The van der Waals surface area contributed by atoms with Crippen molar-refractivity contribution in [2.45, 2.75) is 45.8 Å². The molecule has 0 atom stereocenters. The van der Waals surface area contributed by atoms with Crippen LogP contribution in [0, 0.1) is 11.3 Å². The zero-order valence-electron chi connectivity index (χ0n) is 24.1. The quantitative estimate of drug-likeness (QED) is 0.278. The number of ether oxygens (including phenoxy) is 2. The molecule has 8 heteroatoms. The minimum atomic E-state index is -0.515. The Labute approximate surface area is 245 Å². The second-order valence-electron chi connectivity index (χ2n) is 11.5. The smallest absolute Gasteiger partial charge is 0.410 e. The number of nitrogens with zero attached hydrogens (tertiary/aromatic N) is 4.